The van der Waals surface area contributed by atoms with Crippen LogP contribution in [0.1, 0.15) is 44.3 Å². The second kappa shape index (κ2) is 11.0. The number of fused-ring (bicyclic) bond motifs is 4. The van der Waals surface area contributed by atoms with E-state index in [9.17, 15) is 18.8 Å². The van der Waals surface area contributed by atoms with Gasteiger partial charge in [0.25, 0.3) is 17.4 Å². The summed E-state index contributed by atoms with van der Waals surface area (Å²) in [6, 6.07) is 26.0. The fraction of sp³-hybridized carbons (Fsp3) is 0.242. The number of nitrogens with one attached hydrogen (secondary N) is 1. The van der Waals surface area contributed by atoms with E-state index in [0.717, 1.165) is 29.9 Å². The van der Waals surface area contributed by atoms with E-state index in [0.29, 0.717) is 36.4 Å². The van der Waals surface area contributed by atoms with Gasteiger partial charge in [-0.2, -0.15) is 0 Å². The lowest BCUT2D eigenvalue weighted by Gasteiger charge is -2.44. The van der Waals surface area contributed by atoms with Gasteiger partial charge >= 0.3 is 0 Å². The highest BCUT2D eigenvalue weighted by molar-refractivity contribution is 6.07. The molecule has 2 aliphatic heterocycles. The van der Waals surface area contributed by atoms with Crippen molar-refractivity contribution in [2.24, 2.45) is 5.92 Å². The molecular weight excluding hydrogens is 519 g/mol. The maximum Gasteiger partial charge on any atom is 0.255 e. The van der Waals surface area contributed by atoms with Gasteiger partial charge in [0.1, 0.15) is 5.82 Å². The molecule has 2 aliphatic rings. The second-order valence-corrected chi connectivity index (χ2v) is 10.9. The molecule has 2 unspecified atom stereocenters. The zero-order valence-electron chi connectivity index (χ0n) is 22.8. The molecule has 3 heterocycles. The molecule has 2 amide bonds. The Morgan fingerprint density at radius 3 is 2.44 bits per heavy atom. The molecule has 8 heteroatoms. The Hall–Kier alpha value is -4.72. The fourth-order valence-electron chi connectivity index (χ4n) is 6.08. The monoisotopic (exact) mass is 550 g/mol. The molecule has 0 saturated carbocycles. The minimum absolute atomic E-state index is 0.0281. The van der Waals surface area contributed by atoms with E-state index in [1.165, 1.54) is 24.3 Å². The summed E-state index contributed by atoms with van der Waals surface area (Å²) >= 11 is 0. The smallest absolute Gasteiger partial charge is 0.255 e. The summed E-state index contributed by atoms with van der Waals surface area (Å²) in [5.74, 6) is -0.518. The maximum atomic E-state index is 13.5. The third kappa shape index (κ3) is 5.50. The first-order valence-corrected chi connectivity index (χ1v) is 13.8. The van der Waals surface area contributed by atoms with Gasteiger partial charge in [-0.15, -0.1) is 0 Å². The number of rotatable bonds is 6. The SMILES string of the molecule is CN(Cc1ccccc1)C(=O)c1ccc(N2CC3CC(C2)c2cccc(=O)n2C3)c(NC(=O)c2ccc(F)cc2)c1. The first-order chi connectivity index (χ1) is 19.9. The van der Waals surface area contributed by atoms with Crippen LogP contribution in [0.4, 0.5) is 15.8 Å². The third-order valence-electron chi connectivity index (χ3n) is 8.03. The molecule has 1 aromatic heterocycles. The van der Waals surface area contributed by atoms with Gasteiger partial charge in [0.15, 0.2) is 0 Å². The van der Waals surface area contributed by atoms with Gasteiger partial charge in [-0.05, 0) is 66.4 Å². The number of piperidine rings is 1. The topological polar surface area (TPSA) is 74.7 Å². The van der Waals surface area contributed by atoms with Crippen molar-refractivity contribution in [3.63, 3.8) is 0 Å². The number of nitrogens with zero attached hydrogens (tertiary/aromatic N) is 3. The van der Waals surface area contributed by atoms with Crippen LogP contribution in [0.15, 0.2) is 95.8 Å². The number of halogens is 1. The predicted molar refractivity (Wildman–Crippen MR) is 157 cm³/mol. The van der Waals surface area contributed by atoms with Crippen LogP contribution in [0.3, 0.4) is 0 Å². The molecule has 2 atom stereocenters. The zero-order valence-corrected chi connectivity index (χ0v) is 22.8. The lowest BCUT2D eigenvalue weighted by molar-refractivity contribution is 0.0784. The van der Waals surface area contributed by atoms with Crippen LogP contribution in [0.2, 0.25) is 0 Å². The van der Waals surface area contributed by atoms with Crippen molar-refractivity contribution in [1.29, 1.82) is 0 Å². The standard InChI is InChI=1S/C33H31FN4O3/c1-36(18-22-6-3-2-4-7-22)33(41)25-12-15-30(28(17-25)35-32(40)24-10-13-27(34)14-11-24)37-19-23-16-26(21-37)29-8-5-9-31(39)38(29)20-23/h2-15,17,23,26H,16,18-21H2,1H3,(H,35,40). The van der Waals surface area contributed by atoms with E-state index < -0.39 is 5.82 Å². The molecule has 41 heavy (non-hydrogen) atoms. The van der Waals surface area contributed by atoms with E-state index >= 15 is 0 Å². The van der Waals surface area contributed by atoms with E-state index in [2.05, 4.69) is 10.2 Å². The van der Waals surface area contributed by atoms with Crippen LogP contribution in [-0.2, 0) is 13.1 Å². The Balaban J connectivity index is 1.32. The highest BCUT2D eigenvalue weighted by Crippen LogP contribution is 2.39. The van der Waals surface area contributed by atoms with Crippen LogP contribution < -0.4 is 15.8 Å². The molecule has 1 N–H and O–H groups in total. The number of aromatic nitrogens is 1. The van der Waals surface area contributed by atoms with Crippen LogP contribution in [0.5, 0.6) is 0 Å². The molecular formula is C33H31FN4O3. The van der Waals surface area contributed by atoms with Gasteiger partial charge < -0.3 is 19.7 Å². The van der Waals surface area contributed by atoms with Crippen LogP contribution >= 0.6 is 0 Å². The van der Waals surface area contributed by atoms with Crippen LogP contribution in [-0.4, -0.2) is 41.4 Å². The van der Waals surface area contributed by atoms with Crippen molar-refractivity contribution < 1.29 is 14.0 Å². The van der Waals surface area contributed by atoms with Gasteiger partial charge in [0.05, 0.1) is 11.4 Å². The minimum atomic E-state index is -0.421. The van der Waals surface area contributed by atoms with Crippen LogP contribution in [0, 0.1) is 11.7 Å². The highest BCUT2D eigenvalue weighted by atomic mass is 19.1. The molecule has 0 spiro atoms. The predicted octanol–water partition coefficient (Wildman–Crippen LogP) is 5.14. The first-order valence-electron chi connectivity index (χ1n) is 13.8. The Labute approximate surface area is 237 Å². The highest BCUT2D eigenvalue weighted by Gasteiger charge is 2.35. The summed E-state index contributed by atoms with van der Waals surface area (Å²) < 4.78 is 15.4. The number of pyridine rings is 1. The number of hydrogen-bond acceptors (Lipinski definition) is 4. The van der Waals surface area contributed by atoms with Gasteiger partial charge in [0.2, 0.25) is 0 Å². The van der Waals surface area contributed by atoms with Gasteiger partial charge in [-0.25, -0.2) is 4.39 Å². The molecule has 3 aromatic carbocycles. The van der Waals surface area contributed by atoms with Crippen LogP contribution in [0.25, 0.3) is 0 Å². The number of amides is 2. The summed E-state index contributed by atoms with van der Waals surface area (Å²) in [5.41, 5.74) is 4.18. The molecule has 1 saturated heterocycles. The molecule has 208 valence electrons. The van der Waals surface area contributed by atoms with Crippen molar-refractivity contribution in [3.05, 3.63) is 130 Å². The van der Waals surface area contributed by atoms with Crippen molar-refractivity contribution in [1.82, 2.24) is 9.47 Å². The molecule has 1 fully saturated rings. The molecule has 0 aliphatic carbocycles. The van der Waals surface area contributed by atoms with Crippen molar-refractivity contribution in [2.75, 3.05) is 30.4 Å². The lowest BCUT2D eigenvalue weighted by Crippen LogP contribution is -2.47. The third-order valence-corrected chi connectivity index (χ3v) is 8.03. The Kier molecular flexibility index (Phi) is 7.14. The van der Waals surface area contributed by atoms with E-state index in [4.69, 9.17) is 0 Å². The zero-order chi connectivity index (χ0) is 28.5. The fourth-order valence-corrected chi connectivity index (χ4v) is 6.08. The number of benzene rings is 3. The molecule has 0 radical (unpaired) electrons. The average molecular weight is 551 g/mol. The van der Waals surface area contributed by atoms with Crippen molar-refractivity contribution >= 4 is 23.2 Å². The van der Waals surface area contributed by atoms with Crippen molar-refractivity contribution in [3.8, 4) is 0 Å². The molecule has 2 bridgehead atoms. The molecule has 7 nitrogen and oxygen atoms in total. The number of anilines is 2. The Morgan fingerprint density at radius 1 is 0.902 bits per heavy atom. The van der Waals surface area contributed by atoms with Gasteiger partial charge in [-0.1, -0.05) is 36.4 Å². The summed E-state index contributed by atoms with van der Waals surface area (Å²) in [4.78, 5) is 43.0. The average Bonchev–Trinajstić information content (AvgIpc) is 2.98. The maximum absolute atomic E-state index is 13.5. The molecule has 4 aromatic rings. The number of hydrogen-bond donors (Lipinski definition) is 1. The number of carbonyl (C=O) groups excluding carboxylic acids is 2. The lowest BCUT2D eigenvalue weighted by atomic mass is 9.83. The second-order valence-electron chi connectivity index (χ2n) is 10.9. The summed E-state index contributed by atoms with van der Waals surface area (Å²) in [5, 5.41) is 2.99. The van der Waals surface area contributed by atoms with Gasteiger partial charge in [-0.3, -0.25) is 14.4 Å². The normalized spacial score (nSPS) is 17.5. The largest absolute Gasteiger partial charge is 0.369 e. The summed E-state index contributed by atoms with van der Waals surface area (Å²) in [6.07, 6.45) is 0.998. The first kappa shape index (κ1) is 26.5. The van der Waals surface area contributed by atoms with E-state index in [-0.39, 0.29) is 29.2 Å². The Morgan fingerprint density at radius 2 is 1.66 bits per heavy atom. The quantitative estimate of drug-likeness (QED) is 0.361. The summed E-state index contributed by atoms with van der Waals surface area (Å²) in [7, 11) is 1.76. The summed E-state index contributed by atoms with van der Waals surface area (Å²) in [6.45, 7) is 2.51. The van der Waals surface area contributed by atoms with Crippen molar-refractivity contribution in [2.45, 2.75) is 25.4 Å². The number of carbonyl (C=O) groups is 2. The van der Waals surface area contributed by atoms with E-state index in [1.54, 1.807) is 30.1 Å². The Bertz CT molecular complexity index is 1650. The van der Waals surface area contributed by atoms with E-state index in [1.807, 2.05) is 53.1 Å². The molecule has 6 rings (SSSR count). The van der Waals surface area contributed by atoms with Gasteiger partial charge in [0, 0.05) is 62.0 Å². The minimum Gasteiger partial charge on any atom is -0.369 e.